The van der Waals surface area contributed by atoms with E-state index >= 15 is 0 Å². The Morgan fingerprint density at radius 3 is 2.09 bits per heavy atom. The standard InChI is InChI=1S/C19H29BN2S/c1-20-19-22-18-17(23-19)14-13-16(21-18)15-11-9-7-5-3-2-4-6-8-10-12-15/h13-15,20H,2-12H2,1H3. The predicted molar refractivity (Wildman–Crippen MR) is 104 cm³/mol. The Morgan fingerprint density at radius 1 is 0.870 bits per heavy atom. The molecule has 1 saturated carbocycles. The van der Waals surface area contributed by atoms with Crippen LogP contribution in [-0.4, -0.2) is 17.2 Å². The highest BCUT2D eigenvalue weighted by Gasteiger charge is 2.15. The smallest absolute Gasteiger partial charge is 0.192 e. The minimum Gasteiger partial charge on any atom is -0.233 e. The van der Waals surface area contributed by atoms with Crippen LogP contribution in [0.5, 0.6) is 0 Å². The van der Waals surface area contributed by atoms with Crippen LogP contribution in [0.1, 0.15) is 82.2 Å². The van der Waals surface area contributed by atoms with E-state index < -0.39 is 0 Å². The minimum absolute atomic E-state index is 0.644. The molecule has 2 nitrogen and oxygen atoms in total. The van der Waals surface area contributed by atoms with Gasteiger partial charge in [0.2, 0.25) is 0 Å². The Bertz CT molecular complexity index is 598. The molecule has 0 aliphatic heterocycles. The summed E-state index contributed by atoms with van der Waals surface area (Å²) >= 11 is 1.80. The zero-order chi connectivity index (χ0) is 15.9. The molecule has 0 aromatic carbocycles. The molecule has 0 atom stereocenters. The van der Waals surface area contributed by atoms with Crippen LogP contribution in [0.2, 0.25) is 6.82 Å². The van der Waals surface area contributed by atoms with Crippen LogP contribution in [0, 0.1) is 0 Å². The van der Waals surface area contributed by atoms with Gasteiger partial charge < -0.3 is 0 Å². The highest BCUT2D eigenvalue weighted by molar-refractivity contribution is 7.26. The van der Waals surface area contributed by atoms with E-state index in [1.165, 1.54) is 85.9 Å². The van der Waals surface area contributed by atoms with Crippen LogP contribution in [0.4, 0.5) is 0 Å². The lowest BCUT2D eigenvalue weighted by Gasteiger charge is -2.17. The quantitative estimate of drug-likeness (QED) is 0.709. The maximum Gasteiger partial charge on any atom is 0.192 e. The molecule has 1 fully saturated rings. The second kappa shape index (κ2) is 8.82. The lowest BCUT2D eigenvalue weighted by molar-refractivity contribution is 0.462. The largest absolute Gasteiger partial charge is 0.233 e. The van der Waals surface area contributed by atoms with E-state index in [1.54, 1.807) is 11.3 Å². The molecule has 2 heterocycles. The van der Waals surface area contributed by atoms with E-state index in [4.69, 9.17) is 9.97 Å². The molecule has 1 aliphatic carbocycles. The Labute approximate surface area is 145 Å². The van der Waals surface area contributed by atoms with Crippen LogP contribution in [-0.2, 0) is 0 Å². The van der Waals surface area contributed by atoms with Gasteiger partial charge in [-0.1, -0.05) is 64.6 Å². The molecule has 0 bridgehead atoms. The van der Waals surface area contributed by atoms with Crippen LogP contribution in [0.15, 0.2) is 12.1 Å². The number of aromatic nitrogens is 2. The maximum absolute atomic E-state index is 4.94. The van der Waals surface area contributed by atoms with Gasteiger partial charge in [-0.2, -0.15) is 0 Å². The van der Waals surface area contributed by atoms with Crippen molar-refractivity contribution >= 4 is 33.9 Å². The van der Waals surface area contributed by atoms with Crippen molar-refractivity contribution in [1.82, 2.24) is 9.97 Å². The molecule has 0 unspecified atom stereocenters. The molecule has 0 amide bonds. The van der Waals surface area contributed by atoms with Gasteiger partial charge in [0, 0.05) is 11.6 Å². The molecule has 0 radical (unpaired) electrons. The summed E-state index contributed by atoms with van der Waals surface area (Å²) in [6.45, 7) is 2.17. The summed E-state index contributed by atoms with van der Waals surface area (Å²) in [7, 11) is 1.01. The van der Waals surface area contributed by atoms with Crippen molar-refractivity contribution < 1.29 is 0 Å². The first-order valence-electron chi connectivity index (χ1n) is 9.63. The Hall–Kier alpha value is -0.895. The third kappa shape index (κ3) is 4.79. The zero-order valence-corrected chi connectivity index (χ0v) is 15.3. The van der Waals surface area contributed by atoms with Gasteiger partial charge in [-0.25, -0.2) is 9.97 Å². The van der Waals surface area contributed by atoms with Crippen LogP contribution >= 0.6 is 11.3 Å². The van der Waals surface area contributed by atoms with Gasteiger partial charge in [0.15, 0.2) is 12.9 Å². The third-order valence-corrected chi connectivity index (χ3v) is 6.30. The van der Waals surface area contributed by atoms with Crippen LogP contribution in [0.3, 0.4) is 0 Å². The van der Waals surface area contributed by atoms with E-state index in [1.807, 2.05) is 0 Å². The number of nitrogens with zero attached hydrogens (tertiary/aromatic N) is 2. The molecule has 4 heteroatoms. The van der Waals surface area contributed by atoms with Gasteiger partial charge in [-0.3, -0.25) is 0 Å². The van der Waals surface area contributed by atoms with Crippen molar-refractivity contribution in [1.29, 1.82) is 0 Å². The fourth-order valence-electron chi connectivity index (χ4n) is 3.72. The van der Waals surface area contributed by atoms with Crippen molar-refractivity contribution in [2.24, 2.45) is 0 Å². The van der Waals surface area contributed by atoms with Crippen LogP contribution < -0.4 is 4.91 Å². The minimum atomic E-state index is 0.644. The number of fused-ring (bicyclic) bond motifs is 1. The first-order valence-corrected chi connectivity index (χ1v) is 10.4. The lowest BCUT2D eigenvalue weighted by Crippen LogP contribution is -2.08. The molecule has 0 saturated heterocycles. The molecule has 23 heavy (non-hydrogen) atoms. The van der Waals surface area contributed by atoms with Gasteiger partial charge in [0.1, 0.15) is 0 Å². The fraction of sp³-hybridized carbons (Fsp3) is 0.684. The predicted octanol–water partition coefficient (Wildman–Crippen LogP) is 5.19. The molecule has 0 spiro atoms. The highest BCUT2D eigenvalue weighted by Crippen LogP contribution is 2.29. The van der Waals surface area contributed by atoms with Crippen molar-refractivity contribution in [3.05, 3.63) is 17.8 Å². The number of pyridine rings is 1. The van der Waals surface area contributed by atoms with Crippen LogP contribution in [0.25, 0.3) is 10.3 Å². The number of rotatable bonds is 2. The molecule has 124 valence electrons. The summed E-state index contributed by atoms with van der Waals surface area (Å²) in [6.07, 6.45) is 15.3. The summed E-state index contributed by atoms with van der Waals surface area (Å²) < 4.78 is 1.25. The number of thiazole rings is 1. The first kappa shape index (κ1) is 16.9. The summed E-state index contributed by atoms with van der Waals surface area (Å²) in [5, 5.41) is 0. The monoisotopic (exact) mass is 328 g/mol. The Kier molecular flexibility index (Phi) is 6.50. The van der Waals surface area contributed by atoms with E-state index in [9.17, 15) is 0 Å². The van der Waals surface area contributed by atoms with E-state index in [-0.39, 0.29) is 0 Å². The Balaban J connectivity index is 1.72. The van der Waals surface area contributed by atoms with Gasteiger partial charge in [-0.15, -0.1) is 11.3 Å². The molecular weight excluding hydrogens is 299 g/mol. The van der Waals surface area contributed by atoms with Crippen molar-refractivity contribution in [3.8, 4) is 0 Å². The number of hydrogen-bond donors (Lipinski definition) is 0. The average Bonchev–Trinajstić information content (AvgIpc) is 2.97. The molecule has 2 aromatic heterocycles. The topological polar surface area (TPSA) is 25.8 Å². The Morgan fingerprint density at radius 2 is 1.48 bits per heavy atom. The van der Waals surface area contributed by atoms with E-state index in [0.717, 1.165) is 12.9 Å². The molecular formula is C19H29BN2S. The second-order valence-corrected chi connectivity index (χ2v) is 8.09. The fourth-order valence-corrected chi connectivity index (χ4v) is 4.56. The first-order chi connectivity index (χ1) is 11.4. The summed E-state index contributed by atoms with van der Waals surface area (Å²) in [6, 6.07) is 4.53. The SMILES string of the molecule is CBc1nc2nc(C3CCCCCCCCCCC3)ccc2s1. The molecule has 1 aliphatic rings. The number of hydrogen-bond acceptors (Lipinski definition) is 3. The summed E-state index contributed by atoms with van der Waals surface area (Å²) in [5.74, 6) is 0.644. The van der Waals surface area contributed by atoms with E-state index in [2.05, 4.69) is 19.0 Å². The molecule has 2 aromatic rings. The van der Waals surface area contributed by atoms with E-state index in [0.29, 0.717) is 5.92 Å². The third-order valence-electron chi connectivity index (χ3n) is 5.15. The van der Waals surface area contributed by atoms with Crippen molar-refractivity contribution in [3.63, 3.8) is 0 Å². The van der Waals surface area contributed by atoms with Gasteiger partial charge in [0.05, 0.1) is 9.61 Å². The van der Waals surface area contributed by atoms with Crippen molar-refractivity contribution in [2.75, 3.05) is 0 Å². The summed E-state index contributed by atoms with van der Waals surface area (Å²) in [5.41, 5.74) is 2.28. The maximum atomic E-state index is 4.94. The second-order valence-electron chi connectivity index (χ2n) is 6.98. The van der Waals surface area contributed by atoms with Crippen molar-refractivity contribution in [2.45, 2.75) is 83.4 Å². The summed E-state index contributed by atoms with van der Waals surface area (Å²) in [4.78, 5) is 10.8. The van der Waals surface area contributed by atoms with Gasteiger partial charge >= 0.3 is 0 Å². The highest BCUT2D eigenvalue weighted by atomic mass is 32.1. The molecule has 3 rings (SSSR count). The lowest BCUT2D eigenvalue weighted by atomic mass is 9.84. The van der Waals surface area contributed by atoms with Gasteiger partial charge in [0.25, 0.3) is 0 Å². The normalized spacial score (nSPS) is 19.2. The molecule has 0 N–H and O–H groups in total. The zero-order valence-electron chi connectivity index (χ0n) is 14.5. The van der Waals surface area contributed by atoms with Gasteiger partial charge in [-0.05, 0) is 25.0 Å². The average molecular weight is 328 g/mol.